The molecule has 0 bridgehead atoms. The molecule has 2 aromatic carbocycles. The molecule has 0 fully saturated rings. The number of benzene rings is 2. The molecule has 8 heteroatoms. The van der Waals surface area contributed by atoms with Crippen LogP contribution in [-0.4, -0.2) is 43.3 Å². The second kappa shape index (κ2) is 22.4. The highest BCUT2D eigenvalue weighted by atomic mass is 16.2. The number of carbonyl (C=O) groups is 4. The van der Waals surface area contributed by atoms with Gasteiger partial charge in [-0.15, -0.1) is 6.58 Å². The van der Waals surface area contributed by atoms with E-state index in [1.54, 1.807) is 6.08 Å². The minimum absolute atomic E-state index is 0.0207. The summed E-state index contributed by atoms with van der Waals surface area (Å²) >= 11 is 0. The van der Waals surface area contributed by atoms with Crippen LogP contribution < -0.4 is 21.3 Å². The molecule has 2 rings (SSSR count). The SMILES string of the molecule is C=CCCNC(=O)NCC(CCC(C)CCC(C)C(=O)NC(/C=C/CC)c1cccc(C)c1)C(C=O)NC(=O)C(C)Cc1ccccc1. The molecular formula is C40H58N4O4. The third kappa shape index (κ3) is 15.1. The van der Waals surface area contributed by atoms with E-state index >= 15 is 0 Å². The molecule has 2 aromatic rings. The maximum absolute atomic E-state index is 13.2. The van der Waals surface area contributed by atoms with Crippen LogP contribution in [0.3, 0.4) is 0 Å². The van der Waals surface area contributed by atoms with Gasteiger partial charge in [-0.05, 0) is 62.5 Å². The van der Waals surface area contributed by atoms with Crippen LogP contribution in [0, 0.1) is 30.6 Å². The summed E-state index contributed by atoms with van der Waals surface area (Å²) in [7, 11) is 0. The highest BCUT2D eigenvalue weighted by molar-refractivity contribution is 5.82. The van der Waals surface area contributed by atoms with Crippen LogP contribution in [0.2, 0.25) is 0 Å². The van der Waals surface area contributed by atoms with Crippen molar-refractivity contribution in [3.8, 4) is 0 Å². The predicted molar refractivity (Wildman–Crippen MR) is 195 cm³/mol. The van der Waals surface area contributed by atoms with E-state index in [4.69, 9.17) is 0 Å². The Morgan fingerprint density at radius 1 is 0.854 bits per heavy atom. The van der Waals surface area contributed by atoms with Crippen molar-refractivity contribution in [3.05, 3.63) is 96.1 Å². The van der Waals surface area contributed by atoms with E-state index in [9.17, 15) is 19.2 Å². The summed E-state index contributed by atoms with van der Waals surface area (Å²) in [4.78, 5) is 51.1. The molecule has 0 spiro atoms. The standard InChI is InChI=1S/C40H58N4O4/c1-7-9-19-36(34-18-14-15-30(4)25-34)43-38(46)31(5)22-20-29(3)21-23-35(27-42-40(48)41-24-10-8-2)37(28-45)44-39(47)32(6)26-33-16-12-11-13-17-33/h8-9,11-19,25,28-29,31-32,35-37H,2,7,10,20-24,26-27H2,1,3-6H3,(H,43,46)(H,44,47)(H2,41,42,48)/b19-9+. The lowest BCUT2D eigenvalue weighted by Crippen LogP contribution is -2.49. The third-order valence-electron chi connectivity index (χ3n) is 8.79. The molecule has 4 N–H and O–H groups in total. The van der Waals surface area contributed by atoms with Gasteiger partial charge in [-0.1, -0.05) is 113 Å². The Labute approximate surface area is 288 Å². The summed E-state index contributed by atoms with van der Waals surface area (Å²) in [6.45, 7) is 14.5. The first kappa shape index (κ1) is 40.0. The second-order valence-corrected chi connectivity index (χ2v) is 13.1. The molecule has 8 nitrogen and oxygen atoms in total. The number of carbonyl (C=O) groups excluding carboxylic acids is 4. The molecule has 0 radical (unpaired) electrons. The normalized spacial score (nSPS) is 14.9. The molecule has 6 atom stereocenters. The average molecular weight is 659 g/mol. The second-order valence-electron chi connectivity index (χ2n) is 13.1. The molecule has 48 heavy (non-hydrogen) atoms. The van der Waals surface area contributed by atoms with Crippen molar-refractivity contribution >= 4 is 24.1 Å². The molecule has 0 aromatic heterocycles. The van der Waals surface area contributed by atoms with Gasteiger partial charge in [0.2, 0.25) is 11.8 Å². The summed E-state index contributed by atoms with van der Waals surface area (Å²) in [5, 5.41) is 11.8. The Kier molecular flexibility index (Phi) is 18.6. The highest BCUT2D eigenvalue weighted by Gasteiger charge is 2.27. The van der Waals surface area contributed by atoms with E-state index in [2.05, 4.69) is 59.9 Å². The van der Waals surface area contributed by atoms with E-state index in [0.717, 1.165) is 48.7 Å². The van der Waals surface area contributed by atoms with Crippen molar-refractivity contribution in [1.82, 2.24) is 21.3 Å². The number of nitrogens with one attached hydrogen (secondary N) is 4. The zero-order valence-electron chi connectivity index (χ0n) is 29.7. The summed E-state index contributed by atoms with van der Waals surface area (Å²) in [6.07, 6.45) is 11.7. The molecule has 0 aliphatic heterocycles. The van der Waals surface area contributed by atoms with E-state index in [-0.39, 0.29) is 54.1 Å². The van der Waals surface area contributed by atoms with Gasteiger partial charge in [-0.3, -0.25) is 9.59 Å². The number of allylic oxidation sites excluding steroid dienone is 1. The van der Waals surface area contributed by atoms with Crippen LogP contribution in [0.25, 0.3) is 0 Å². The van der Waals surface area contributed by atoms with Crippen LogP contribution in [-0.2, 0) is 20.8 Å². The Hall–Kier alpha value is -4.20. The van der Waals surface area contributed by atoms with Crippen LogP contribution in [0.15, 0.2) is 79.4 Å². The van der Waals surface area contributed by atoms with Gasteiger partial charge >= 0.3 is 6.03 Å². The summed E-state index contributed by atoms with van der Waals surface area (Å²) in [6, 6.07) is 16.8. The summed E-state index contributed by atoms with van der Waals surface area (Å²) in [5.74, 6) is -0.671. The maximum Gasteiger partial charge on any atom is 0.314 e. The summed E-state index contributed by atoms with van der Waals surface area (Å²) in [5.41, 5.74) is 3.27. The van der Waals surface area contributed by atoms with Crippen molar-refractivity contribution in [3.63, 3.8) is 0 Å². The van der Waals surface area contributed by atoms with Gasteiger partial charge in [0.25, 0.3) is 0 Å². The first-order valence-electron chi connectivity index (χ1n) is 17.5. The van der Waals surface area contributed by atoms with Gasteiger partial charge in [-0.2, -0.15) is 0 Å². The van der Waals surface area contributed by atoms with Crippen molar-refractivity contribution in [2.45, 2.75) is 91.6 Å². The fourth-order valence-electron chi connectivity index (χ4n) is 5.59. The number of hydrogen-bond donors (Lipinski definition) is 4. The minimum Gasteiger partial charge on any atom is -0.346 e. The highest BCUT2D eigenvalue weighted by Crippen LogP contribution is 2.23. The first-order chi connectivity index (χ1) is 23.1. The lowest BCUT2D eigenvalue weighted by atomic mass is 9.87. The van der Waals surface area contributed by atoms with Gasteiger partial charge < -0.3 is 26.1 Å². The molecule has 0 heterocycles. The summed E-state index contributed by atoms with van der Waals surface area (Å²) < 4.78 is 0. The monoisotopic (exact) mass is 658 g/mol. The molecule has 4 amide bonds. The molecule has 6 unspecified atom stereocenters. The van der Waals surface area contributed by atoms with Gasteiger partial charge in [0.15, 0.2) is 0 Å². The number of hydrogen-bond acceptors (Lipinski definition) is 4. The lowest BCUT2D eigenvalue weighted by molar-refractivity contribution is -0.127. The van der Waals surface area contributed by atoms with Crippen LogP contribution in [0.5, 0.6) is 0 Å². The number of aldehydes is 1. The number of rotatable bonds is 22. The van der Waals surface area contributed by atoms with Crippen molar-refractivity contribution in [1.29, 1.82) is 0 Å². The van der Waals surface area contributed by atoms with E-state index < -0.39 is 6.04 Å². The molecule has 0 aliphatic carbocycles. The topological polar surface area (TPSA) is 116 Å². The van der Waals surface area contributed by atoms with Crippen LogP contribution >= 0.6 is 0 Å². The number of urea groups is 1. The zero-order valence-corrected chi connectivity index (χ0v) is 29.7. The van der Waals surface area contributed by atoms with Crippen molar-refractivity contribution in [2.24, 2.45) is 23.7 Å². The van der Waals surface area contributed by atoms with Gasteiger partial charge in [0.1, 0.15) is 6.29 Å². The van der Waals surface area contributed by atoms with Gasteiger partial charge in [-0.25, -0.2) is 4.79 Å². The minimum atomic E-state index is -0.740. The smallest absolute Gasteiger partial charge is 0.314 e. The fourth-order valence-corrected chi connectivity index (χ4v) is 5.59. The van der Waals surface area contributed by atoms with Gasteiger partial charge in [0, 0.05) is 30.8 Å². The lowest BCUT2D eigenvalue weighted by Gasteiger charge is -2.27. The van der Waals surface area contributed by atoms with Crippen LogP contribution in [0.1, 0.15) is 89.0 Å². The van der Waals surface area contributed by atoms with Gasteiger partial charge in [0.05, 0.1) is 12.1 Å². The van der Waals surface area contributed by atoms with E-state index in [1.165, 1.54) is 0 Å². The Morgan fingerprint density at radius 2 is 1.56 bits per heavy atom. The molecular weight excluding hydrogens is 600 g/mol. The Bertz CT molecular complexity index is 1310. The number of amides is 4. The Balaban J connectivity index is 1.99. The van der Waals surface area contributed by atoms with Crippen LogP contribution in [0.4, 0.5) is 4.79 Å². The van der Waals surface area contributed by atoms with Crippen molar-refractivity contribution < 1.29 is 19.2 Å². The Morgan fingerprint density at radius 3 is 2.23 bits per heavy atom. The first-order valence-corrected chi connectivity index (χ1v) is 17.5. The quantitative estimate of drug-likeness (QED) is 0.0619. The molecule has 0 aliphatic rings. The van der Waals surface area contributed by atoms with E-state index in [1.807, 2.05) is 69.3 Å². The largest absolute Gasteiger partial charge is 0.346 e. The molecule has 0 saturated heterocycles. The third-order valence-corrected chi connectivity index (χ3v) is 8.79. The zero-order chi connectivity index (χ0) is 35.3. The maximum atomic E-state index is 13.2. The number of aryl methyl sites for hydroxylation is 1. The molecule has 0 saturated carbocycles. The van der Waals surface area contributed by atoms with Crippen molar-refractivity contribution in [2.75, 3.05) is 13.1 Å². The fraction of sp³-hybridized carbons (Fsp3) is 0.500. The molecule has 262 valence electrons. The average Bonchev–Trinajstić information content (AvgIpc) is 3.08. The predicted octanol–water partition coefficient (Wildman–Crippen LogP) is 7.01. The van der Waals surface area contributed by atoms with E-state index in [0.29, 0.717) is 25.8 Å².